The Morgan fingerprint density at radius 2 is 2.33 bits per heavy atom. The first-order valence-corrected chi connectivity index (χ1v) is 5.54. The van der Waals surface area contributed by atoms with Crippen LogP contribution in [0, 0.1) is 0 Å². The second kappa shape index (κ2) is 4.41. The maximum absolute atomic E-state index is 11.1. The summed E-state index contributed by atoms with van der Waals surface area (Å²) >= 11 is 2.23. The molecule has 1 heterocycles. The molecule has 0 N–H and O–H groups in total. The molecule has 0 aromatic heterocycles. The fraction of sp³-hybridized carbons (Fsp3) is 0.875. The molecule has 0 bridgehead atoms. The molecule has 1 aliphatic heterocycles. The van der Waals surface area contributed by atoms with Gasteiger partial charge in [0.2, 0.25) is 0 Å². The summed E-state index contributed by atoms with van der Waals surface area (Å²) in [6, 6.07) is 0. The quantitative estimate of drug-likeness (QED) is 0.416. The zero-order chi connectivity index (χ0) is 9.03. The molecule has 70 valence electrons. The largest absolute Gasteiger partial charge is 0.458 e. The van der Waals surface area contributed by atoms with Gasteiger partial charge in [-0.15, -0.1) is 0 Å². The minimum atomic E-state index is -0.321. The Labute approximate surface area is 85.9 Å². The highest BCUT2D eigenvalue weighted by atomic mass is 127. The van der Waals surface area contributed by atoms with Crippen molar-refractivity contribution >= 4 is 28.6 Å². The SMILES string of the molecule is CC1(CI)CCOCCC(=O)O1. The molecule has 0 saturated carbocycles. The monoisotopic (exact) mass is 284 g/mol. The number of cyclic esters (lactones) is 1. The van der Waals surface area contributed by atoms with E-state index in [9.17, 15) is 4.79 Å². The van der Waals surface area contributed by atoms with Crippen molar-refractivity contribution in [2.75, 3.05) is 17.6 Å². The zero-order valence-corrected chi connectivity index (χ0v) is 9.30. The number of alkyl halides is 1. The Kier molecular flexibility index (Phi) is 3.77. The molecule has 12 heavy (non-hydrogen) atoms. The van der Waals surface area contributed by atoms with Crippen LogP contribution in [0.5, 0.6) is 0 Å². The number of hydrogen-bond acceptors (Lipinski definition) is 3. The maximum atomic E-state index is 11.1. The van der Waals surface area contributed by atoms with Crippen molar-refractivity contribution in [1.82, 2.24) is 0 Å². The number of halogens is 1. The predicted octanol–water partition coefficient (Wildman–Crippen LogP) is 1.53. The van der Waals surface area contributed by atoms with Gasteiger partial charge >= 0.3 is 5.97 Å². The van der Waals surface area contributed by atoms with Gasteiger partial charge in [0.1, 0.15) is 5.60 Å². The smallest absolute Gasteiger partial charge is 0.308 e. The van der Waals surface area contributed by atoms with E-state index in [1.165, 1.54) is 0 Å². The molecule has 1 unspecified atom stereocenters. The average Bonchev–Trinajstić information content (AvgIpc) is 2.01. The van der Waals surface area contributed by atoms with Crippen molar-refractivity contribution in [3.8, 4) is 0 Å². The van der Waals surface area contributed by atoms with Crippen LogP contribution >= 0.6 is 22.6 Å². The molecule has 1 atom stereocenters. The van der Waals surface area contributed by atoms with Crippen LogP contribution in [0.2, 0.25) is 0 Å². The summed E-state index contributed by atoms with van der Waals surface area (Å²) in [6.45, 7) is 3.13. The minimum Gasteiger partial charge on any atom is -0.458 e. The summed E-state index contributed by atoms with van der Waals surface area (Å²) in [5.41, 5.74) is -0.321. The summed E-state index contributed by atoms with van der Waals surface area (Å²) in [4.78, 5) is 11.1. The standard InChI is InChI=1S/C8H13IO3/c1-8(6-9)3-5-11-4-2-7(10)12-8/h2-6H2,1H3. The normalized spacial score (nSPS) is 32.0. The Bertz CT molecular complexity index is 172. The van der Waals surface area contributed by atoms with Crippen LogP contribution in [0.25, 0.3) is 0 Å². The third-order valence-electron chi connectivity index (χ3n) is 1.87. The van der Waals surface area contributed by atoms with E-state index in [0.29, 0.717) is 19.6 Å². The third kappa shape index (κ3) is 2.90. The molecular weight excluding hydrogens is 271 g/mol. The summed E-state index contributed by atoms with van der Waals surface area (Å²) in [6.07, 6.45) is 1.17. The lowest BCUT2D eigenvalue weighted by molar-refractivity contribution is -0.161. The van der Waals surface area contributed by atoms with Crippen molar-refractivity contribution in [2.45, 2.75) is 25.4 Å². The van der Waals surface area contributed by atoms with Gasteiger partial charge in [0, 0.05) is 10.8 Å². The Morgan fingerprint density at radius 3 is 3.00 bits per heavy atom. The predicted molar refractivity (Wildman–Crippen MR) is 53.4 cm³/mol. The van der Waals surface area contributed by atoms with Crippen LogP contribution in [-0.2, 0) is 14.3 Å². The molecule has 1 saturated heterocycles. The van der Waals surface area contributed by atoms with Gasteiger partial charge in [0.15, 0.2) is 0 Å². The topological polar surface area (TPSA) is 35.5 Å². The van der Waals surface area contributed by atoms with Crippen LogP contribution in [0.3, 0.4) is 0 Å². The molecule has 1 rings (SSSR count). The first-order chi connectivity index (χ1) is 5.66. The number of rotatable bonds is 1. The van der Waals surface area contributed by atoms with E-state index in [-0.39, 0.29) is 11.6 Å². The van der Waals surface area contributed by atoms with E-state index in [4.69, 9.17) is 9.47 Å². The van der Waals surface area contributed by atoms with Gasteiger partial charge < -0.3 is 9.47 Å². The summed E-state index contributed by atoms with van der Waals surface area (Å²) < 4.78 is 11.4. The molecule has 0 aromatic carbocycles. The lowest BCUT2D eigenvalue weighted by atomic mass is 10.1. The lowest BCUT2D eigenvalue weighted by Gasteiger charge is -2.29. The molecule has 0 aromatic rings. The van der Waals surface area contributed by atoms with Crippen molar-refractivity contribution in [3.05, 3.63) is 0 Å². The molecular formula is C8H13IO3. The number of ether oxygens (including phenoxy) is 2. The Morgan fingerprint density at radius 1 is 1.58 bits per heavy atom. The first kappa shape index (κ1) is 10.2. The van der Waals surface area contributed by atoms with Crippen LogP contribution in [-0.4, -0.2) is 29.2 Å². The van der Waals surface area contributed by atoms with Gasteiger partial charge in [-0.3, -0.25) is 4.79 Å². The fourth-order valence-electron chi connectivity index (χ4n) is 1.02. The highest BCUT2D eigenvalue weighted by molar-refractivity contribution is 14.1. The van der Waals surface area contributed by atoms with Crippen LogP contribution in [0.1, 0.15) is 19.8 Å². The molecule has 4 heteroatoms. The second-order valence-corrected chi connectivity index (χ2v) is 3.93. The average molecular weight is 284 g/mol. The van der Waals surface area contributed by atoms with E-state index in [0.717, 1.165) is 10.8 Å². The van der Waals surface area contributed by atoms with Crippen LogP contribution in [0.15, 0.2) is 0 Å². The van der Waals surface area contributed by atoms with E-state index in [1.54, 1.807) is 0 Å². The number of esters is 1. The van der Waals surface area contributed by atoms with Crippen molar-refractivity contribution < 1.29 is 14.3 Å². The number of carbonyl (C=O) groups is 1. The van der Waals surface area contributed by atoms with Gasteiger partial charge in [-0.1, -0.05) is 22.6 Å². The Hall–Kier alpha value is 0.160. The lowest BCUT2D eigenvalue weighted by Crippen LogP contribution is -2.36. The highest BCUT2D eigenvalue weighted by Gasteiger charge is 2.28. The van der Waals surface area contributed by atoms with Gasteiger partial charge in [-0.25, -0.2) is 0 Å². The van der Waals surface area contributed by atoms with Crippen molar-refractivity contribution in [2.24, 2.45) is 0 Å². The highest BCUT2D eigenvalue weighted by Crippen LogP contribution is 2.21. The summed E-state index contributed by atoms with van der Waals surface area (Å²) in [5.74, 6) is -0.145. The van der Waals surface area contributed by atoms with E-state index in [2.05, 4.69) is 22.6 Å². The molecule has 1 fully saturated rings. The van der Waals surface area contributed by atoms with Crippen molar-refractivity contribution in [1.29, 1.82) is 0 Å². The molecule has 3 nitrogen and oxygen atoms in total. The molecule has 0 spiro atoms. The Balaban J connectivity index is 2.54. The minimum absolute atomic E-state index is 0.145. The number of carbonyl (C=O) groups excluding carboxylic acids is 1. The molecule has 0 amide bonds. The molecule has 1 aliphatic rings. The van der Waals surface area contributed by atoms with E-state index >= 15 is 0 Å². The van der Waals surface area contributed by atoms with Crippen molar-refractivity contribution in [3.63, 3.8) is 0 Å². The first-order valence-electron chi connectivity index (χ1n) is 4.02. The molecule has 0 radical (unpaired) electrons. The van der Waals surface area contributed by atoms with Gasteiger partial charge in [-0.2, -0.15) is 0 Å². The fourth-order valence-corrected chi connectivity index (χ4v) is 1.55. The maximum Gasteiger partial charge on any atom is 0.308 e. The van der Waals surface area contributed by atoms with E-state index in [1.807, 2.05) is 6.92 Å². The van der Waals surface area contributed by atoms with Gasteiger partial charge in [-0.05, 0) is 6.92 Å². The van der Waals surface area contributed by atoms with Gasteiger partial charge in [0.05, 0.1) is 19.6 Å². The van der Waals surface area contributed by atoms with Crippen LogP contribution < -0.4 is 0 Å². The zero-order valence-electron chi connectivity index (χ0n) is 7.14. The van der Waals surface area contributed by atoms with Crippen LogP contribution in [0.4, 0.5) is 0 Å². The van der Waals surface area contributed by atoms with E-state index < -0.39 is 0 Å². The summed E-state index contributed by atoms with van der Waals surface area (Å²) in [7, 11) is 0. The number of hydrogen-bond donors (Lipinski definition) is 0. The summed E-state index contributed by atoms with van der Waals surface area (Å²) in [5, 5.41) is 0. The third-order valence-corrected chi connectivity index (χ3v) is 3.48. The van der Waals surface area contributed by atoms with Gasteiger partial charge in [0.25, 0.3) is 0 Å². The molecule has 0 aliphatic carbocycles. The second-order valence-electron chi connectivity index (χ2n) is 3.17.